The first-order valence-corrected chi connectivity index (χ1v) is 5.86. The molecule has 5 heteroatoms. The summed E-state index contributed by atoms with van der Waals surface area (Å²) >= 11 is 5.39. The van der Waals surface area contributed by atoms with E-state index in [0.717, 1.165) is 11.3 Å². The smallest absolute Gasteiger partial charge is 0.224 e. The Morgan fingerprint density at radius 1 is 1.41 bits per heavy atom. The van der Waals surface area contributed by atoms with Gasteiger partial charge in [-0.25, -0.2) is 0 Å². The van der Waals surface area contributed by atoms with Crippen LogP contribution in [0.3, 0.4) is 0 Å². The average Bonchev–Trinajstić information content (AvgIpc) is 2.35. The molecule has 0 atom stereocenters. The highest BCUT2D eigenvalue weighted by Crippen LogP contribution is 2.30. The largest absolute Gasteiger partial charge is 0.485 e. The van der Waals surface area contributed by atoms with Crippen molar-refractivity contribution >= 4 is 29.0 Å². The Labute approximate surface area is 104 Å². The molecule has 1 N–H and O–H groups in total. The molecule has 90 valence electrons. The van der Waals surface area contributed by atoms with E-state index in [1.54, 1.807) is 12.1 Å². The van der Waals surface area contributed by atoms with Gasteiger partial charge in [-0.2, -0.15) is 0 Å². The topological polar surface area (TPSA) is 55.4 Å². The second-order valence-electron chi connectivity index (χ2n) is 3.79. The lowest BCUT2D eigenvalue weighted by atomic mass is 10.0. The highest BCUT2D eigenvalue weighted by molar-refractivity contribution is 6.27. The van der Waals surface area contributed by atoms with Gasteiger partial charge < -0.3 is 10.1 Å². The first kappa shape index (κ1) is 11.9. The minimum Gasteiger partial charge on any atom is -0.485 e. The quantitative estimate of drug-likeness (QED) is 0.832. The normalized spacial score (nSPS) is 13.8. The van der Waals surface area contributed by atoms with Crippen LogP contribution in [0.2, 0.25) is 0 Å². The molecule has 17 heavy (non-hydrogen) atoms. The van der Waals surface area contributed by atoms with Gasteiger partial charge in [0, 0.05) is 17.7 Å². The van der Waals surface area contributed by atoms with Crippen LogP contribution in [-0.2, 0) is 16.0 Å². The third-order valence-corrected chi connectivity index (χ3v) is 2.84. The summed E-state index contributed by atoms with van der Waals surface area (Å²) in [7, 11) is 0. The van der Waals surface area contributed by atoms with Gasteiger partial charge in [-0.15, -0.1) is 11.6 Å². The van der Waals surface area contributed by atoms with Crippen LogP contribution in [0.1, 0.15) is 12.0 Å². The Morgan fingerprint density at radius 2 is 2.24 bits per heavy atom. The highest BCUT2D eigenvalue weighted by Gasteiger charge is 2.18. The zero-order valence-electron chi connectivity index (χ0n) is 9.16. The van der Waals surface area contributed by atoms with Gasteiger partial charge in [0.2, 0.25) is 5.91 Å². The van der Waals surface area contributed by atoms with Crippen molar-refractivity contribution < 1.29 is 14.3 Å². The lowest BCUT2D eigenvalue weighted by molar-refractivity contribution is -0.119. The molecule has 0 saturated heterocycles. The molecule has 0 radical (unpaired) electrons. The zero-order chi connectivity index (χ0) is 12.3. The first-order valence-electron chi connectivity index (χ1n) is 5.33. The minimum absolute atomic E-state index is 0.00600. The summed E-state index contributed by atoms with van der Waals surface area (Å²) in [5.41, 5.74) is 1.70. The van der Waals surface area contributed by atoms with Crippen LogP contribution in [0.5, 0.6) is 5.75 Å². The van der Waals surface area contributed by atoms with Crippen molar-refractivity contribution in [3.8, 4) is 5.75 Å². The summed E-state index contributed by atoms with van der Waals surface area (Å²) in [6.45, 7) is -0.0338. The van der Waals surface area contributed by atoms with Crippen molar-refractivity contribution in [2.45, 2.75) is 12.8 Å². The predicted octanol–water partition coefficient (Wildman–Crippen LogP) is 1.76. The molecule has 0 spiro atoms. The number of ketones is 1. The highest BCUT2D eigenvalue weighted by atomic mass is 35.5. The third kappa shape index (κ3) is 2.77. The van der Waals surface area contributed by atoms with Crippen molar-refractivity contribution in [1.82, 2.24) is 0 Å². The summed E-state index contributed by atoms with van der Waals surface area (Å²) in [6, 6.07) is 5.39. The van der Waals surface area contributed by atoms with Gasteiger partial charge in [-0.05, 0) is 18.6 Å². The molecule has 2 rings (SSSR count). The molecular formula is C12H12ClNO3. The molecule has 1 aliphatic heterocycles. The number of ether oxygens (including phenoxy) is 1. The monoisotopic (exact) mass is 253 g/mol. The van der Waals surface area contributed by atoms with Gasteiger partial charge in [-0.1, -0.05) is 6.07 Å². The molecule has 0 unspecified atom stereocenters. The molecule has 0 aromatic heterocycles. The minimum atomic E-state index is -0.163. The second-order valence-corrected chi connectivity index (χ2v) is 4.06. The number of fused-ring (bicyclic) bond motifs is 1. The van der Waals surface area contributed by atoms with Crippen LogP contribution in [0, 0.1) is 0 Å². The Morgan fingerprint density at radius 3 is 3.00 bits per heavy atom. The lowest BCUT2D eigenvalue weighted by Gasteiger charge is -2.19. The van der Waals surface area contributed by atoms with E-state index in [9.17, 15) is 9.59 Å². The third-order valence-electron chi connectivity index (χ3n) is 2.55. The molecule has 4 nitrogen and oxygen atoms in total. The number of nitrogens with one attached hydrogen (secondary N) is 1. The molecule has 0 saturated carbocycles. The maximum atomic E-state index is 11.2. The van der Waals surface area contributed by atoms with Crippen LogP contribution in [0.15, 0.2) is 18.2 Å². The molecule has 1 aromatic rings. The van der Waals surface area contributed by atoms with E-state index in [4.69, 9.17) is 16.3 Å². The maximum Gasteiger partial charge on any atom is 0.224 e. The van der Waals surface area contributed by atoms with Crippen molar-refractivity contribution in [3.05, 3.63) is 23.8 Å². The van der Waals surface area contributed by atoms with Crippen LogP contribution in [0.4, 0.5) is 5.69 Å². The number of hydrogen-bond acceptors (Lipinski definition) is 3. The first-order chi connectivity index (χ1) is 8.20. The number of alkyl halides is 1. The number of benzene rings is 1. The number of halogens is 1. The Balaban J connectivity index is 2.15. The SMILES string of the molecule is O=C(CCl)COc1cccc2c1CCC(=O)N2. The summed E-state index contributed by atoms with van der Waals surface area (Å²) in [4.78, 5) is 22.3. The molecule has 0 aliphatic carbocycles. The summed E-state index contributed by atoms with van der Waals surface area (Å²) in [6.07, 6.45) is 1.07. The molecule has 1 aliphatic rings. The van der Waals surface area contributed by atoms with Crippen molar-refractivity contribution in [2.75, 3.05) is 17.8 Å². The number of carbonyl (C=O) groups is 2. The summed E-state index contributed by atoms with van der Waals surface area (Å²) in [5, 5.41) is 2.77. The fourth-order valence-electron chi connectivity index (χ4n) is 1.72. The predicted molar refractivity (Wildman–Crippen MR) is 64.6 cm³/mol. The molecule has 0 fully saturated rings. The fraction of sp³-hybridized carbons (Fsp3) is 0.333. The lowest BCUT2D eigenvalue weighted by Crippen LogP contribution is -2.20. The zero-order valence-corrected chi connectivity index (χ0v) is 9.92. The van der Waals surface area contributed by atoms with Crippen molar-refractivity contribution in [3.63, 3.8) is 0 Å². The van der Waals surface area contributed by atoms with Crippen molar-refractivity contribution in [1.29, 1.82) is 0 Å². The van der Waals surface area contributed by atoms with E-state index in [1.165, 1.54) is 0 Å². The number of Topliss-reactive ketones (excluding diaryl/α,β-unsaturated/α-hetero) is 1. The van der Waals surface area contributed by atoms with E-state index < -0.39 is 0 Å². The molecule has 0 bridgehead atoms. The van der Waals surface area contributed by atoms with Gasteiger partial charge >= 0.3 is 0 Å². The average molecular weight is 254 g/mol. The van der Waals surface area contributed by atoms with Gasteiger partial charge in [-0.3, -0.25) is 9.59 Å². The molecule has 1 heterocycles. The standard InChI is InChI=1S/C12H12ClNO3/c13-6-8(15)7-17-11-3-1-2-10-9(11)4-5-12(16)14-10/h1-3H,4-7H2,(H,14,16). The summed E-state index contributed by atoms with van der Waals surface area (Å²) in [5.74, 6) is 0.433. The van der Waals surface area contributed by atoms with Crippen molar-refractivity contribution in [2.24, 2.45) is 0 Å². The fourth-order valence-corrected chi connectivity index (χ4v) is 1.80. The Bertz CT molecular complexity index is 459. The number of amides is 1. The summed E-state index contributed by atoms with van der Waals surface area (Å²) < 4.78 is 5.41. The van der Waals surface area contributed by atoms with Gasteiger partial charge in [0.15, 0.2) is 5.78 Å². The number of anilines is 1. The molecule has 1 aromatic carbocycles. The Kier molecular flexibility index (Phi) is 3.64. The maximum absolute atomic E-state index is 11.2. The van der Waals surface area contributed by atoms with Crippen LogP contribution in [0.25, 0.3) is 0 Å². The van der Waals surface area contributed by atoms with Gasteiger partial charge in [0.25, 0.3) is 0 Å². The van der Waals surface area contributed by atoms with E-state index in [2.05, 4.69) is 5.32 Å². The molecular weight excluding hydrogens is 242 g/mol. The van der Waals surface area contributed by atoms with E-state index in [0.29, 0.717) is 18.6 Å². The number of hydrogen-bond donors (Lipinski definition) is 1. The van der Waals surface area contributed by atoms with E-state index in [1.807, 2.05) is 6.07 Å². The van der Waals surface area contributed by atoms with E-state index in [-0.39, 0.29) is 24.2 Å². The van der Waals surface area contributed by atoms with Gasteiger partial charge in [0.05, 0.1) is 5.88 Å². The van der Waals surface area contributed by atoms with Gasteiger partial charge in [0.1, 0.15) is 12.4 Å². The van der Waals surface area contributed by atoms with Crippen LogP contribution in [-0.4, -0.2) is 24.2 Å². The number of rotatable bonds is 4. The number of carbonyl (C=O) groups excluding carboxylic acids is 2. The van der Waals surface area contributed by atoms with E-state index >= 15 is 0 Å². The second kappa shape index (κ2) is 5.19. The van der Waals surface area contributed by atoms with Crippen LogP contribution < -0.4 is 10.1 Å². The molecule has 1 amide bonds. The van der Waals surface area contributed by atoms with Crippen LogP contribution >= 0.6 is 11.6 Å². The Hall–Kier alpha value is -1.55.